The van der Waals surface area contributed by atoms with Crippen molar-refractivity contribution in [2.24, 2.45) is 0 Å². The van der Waals surface area contributed by atoms with Crippen molar-refractivity contribution in [3.8, 4) is 5.75 Å². The van der Waals surface area contributed by atoms with E-state index < -0.39 is 0 Å². The first-order valence-electron chi connectivity index (χ1n) is 5.92. The summed E-state index contributed by atoms with van der Waals surface area (Å²) in [4.78, 5) is 0. The van der Waals surface area contributed by atoms with Crippen molar-refractivity contribution in [1.82, 2.24) is 0 Å². The molecule has 0 saturated carbocycles. The molecule has 2 rings (SSSR count). The Hall–Kier alpha value is -1.55. The van der Waals surface area contributed by atoms with Crippen LogP contribution in [0.1, 0.15) is 11.1 Å². The summed E-state index contributed by atoms with van der Waals surface area (Å²) in [5.41, 5.74) is 2.95. The molecule has 100 valence electrons. The van der Waals surface area contributed by atoms with E-state index in [-0.39, 0.29) is 5.82 Å². The number of rotatable bonds is 4. The largest absolute Gasteiger partial charge is 0.496 e. The van der Waals surface area contributed by atoms with Crippen LogP contribution in [-0.4, -0.2) is 7.11 Å². The summed E-state index contributed by atoms with van der Waals surface area (Å²) in [5, 5.41) is 3.21. The number of anilines is 1. The molecule has 0 atom stereocenters. The summed E-state index contributed by atoms with van der Waals surface area (Å²) < 4.78 is 19.2. The van der Waals surface area contributed by atoms with Crippen molar-refractivity contribution in [1.29, 1.82) is 0 Å². The Kier molecular flexibility index (Phi) is 4.43. The minimum Gasteiger partial charge on any atom is -0.496 e. The minimum atomic E-state index is -0.253. The van der Waals surface area contributed by atoms with Gasteiger partial charge in [-0.25, -0.2) is 4.39 Å². The van der Waals surface area contributed by atoms with Gasteiger partial charge in [0.25, 0.3) is 0 Å². The molecule has 0 unspecified atom stereocenters. The fourth-order valence-electron chi connectivity index (χ4n) is 1.88. The van der Waals surface area contributed by atoms with Crippen LogP contribution in [0.3, 0.4) is 0 Å². The lowest BCUT2D eigenvalue weighted by Crippen LogP contribution is -2.01. The molecule has 1 N–H and O–H groups in total. The van der Waals surface area contributed by atoms with Crippen molar-refractivity contribution in [3.63, 3.8) is 0 Å². The van der Waals surface area contributed by atoms with Gasteiger partial charge in [0.15, 0.2) is 0 Å². The molecule has 19 heavy (non-hydrogen) atoms. The highest BCUT2D eigenvalue weighted by Gasteiger charge is 2.03. The van der Waals surface area contributed by atoms with E-state index in [1.807, 2.05) is 19.1 Å². The monoisotopic (exact) mass is 323 g/mol. The van der Waals surface area contributed by atoms with Crippen molar-refractivity contribution in [2.45, 2.75) is 13.5 Å². The summed E-state index contributed by atoms with van der Waals surface area (Å²) in [5.74, 6) is 0.618. The Morgan fingerprint density at radius 1 is 1.21 bits per heavy atom. The molecule has 0 spiro atoms. The topological polar surface area (TPSA) is 21.3 Å². The van der Waals surface area contributed by atoms with Crippen LogP contribution in [0.15, 0.2) is 40.9 Å². The van der Waals surface area contributed by atoms with Gasteiger partial charge in [-0.3, -0.25) is 0 Å². The molecule has 0 saturated heterocycles. The lowest BCUT2D eigenvalue weighted by atomic mass is 10.1. The molecule has 2 aromatic carbocycles. The van der Waals surface area contributed by atoms with Gasteiger partial charge < -0.3 is 10.1 Å². The molecule has 0 bridgehead atoms. The zero-order valence-electron chi connectivity index (χ0n) is 10.8. The van der Waals surface area contributed by atoms with Crippen molar-refractivity contribution in [2.75, 3.05) is 12.4 Å². The smallest absolute Gasteiger partial charge is 0.125 e. The van der Waals surface area contributed by atoms with Crippen LogP contribution in [0.25, 0.3) is 0 Å². The maximum absolute atomic E-state index is 13.2. The summed E-state index contributed by atoms with van der Waals surface area (Å²) in [7, 11) is 1.66. The third kappa shape index (κ3) is 3.47. The van der Waals surface area contributed by atoms with Gasteiger partial charge in [-0.15, -0.1) is 0 Å². The molecule has 2 nitrogen and oxygen atoms in total. The zero-order chi connectivity index (χ0) is 13.8. The van der Waals surface area contributed by atoms with Gasteiger partial charge in [-0.05, 0) is 58.2 Å². The summed E-state index contributed by atoms with van der Waals surface area (Å²) in [6.07, 6.45) is 0. The average molecular weight is 324 g/mol. The number of benzene rings is 2. The summed E-state index contributed by atoms with van der Waals surface area (Å²) in [6.45, 7) is 2.63. The van der Waals surface area contributed by atoms with Crippen LogP contribution >= 0.6 is 15.9 Å². The van der Waals surface area contributed by atoms with Gasteiger partial charge in [0.2, 0.25) is 0 Å². The highest BCUT2D eigenvalue weighted by molar-refractivity contribution is 9.10. The Morgan fingerprint density at radius 3 is 2.68 bits per heavy atom. The van der Waals surface area contributed by atoms with E-state index in [4.69, 9.17) is 4.74 Å². The van der Waals surface area contributed by atoms with Gasteiger partial charge in [0.1, 0.15) is 11.6 Å². The van der Waals surface area contributed by atoms with Crippen LogP contribution < -0.4 is 10.1 Å². The molecule has 0 fully saturated rings. The molecular formula is C15H15BrFNO. The minimum absolute atomic E-state index is 0.253. The lowest BCUT2D eigenvalue weighted by Gasteiger charge is -2.11. The first-order chi connectivity index (χ1) is 9.10. The van der Waals surface area contributed by atoms with Crippen LogP contribution in [0.4, 0.5) is 10.1 Å². The lowest BCUT2D eigenvalue weighted by molar-refractivity contribution is 0.411. The summed E-state index contributed by atoms with van der Waals surface area (Å²) >= 11 is 3.39. The van der Waals surface area contributed by atoms with Gasteiger partial charge in [0, 0.05) is 11.0 Å². The van der Waals surface area contributed by atoms with Crippen molar-refractivity contribution in [3.05, 3.63) is 57.8 Å². The maximum atomic E-state index is 13.2. The fourth-order valence-corrected chi connectivity index (χ4v) is 2.27. The third-order valence-electron chi connectivity index (χ3n) is 2.87. The molecule has 2 aromatic rings. The highest BCUT2D eigenvalue weighted by atomic mass is 79.9. The number of hydrogen-bond donors (Lipinski definition) is 1. The maximum Gasteiger partial charge on any atom is 0.125 e. The van der Waals surface area contributed by atoms with Gasteiger partial charge in [0.05, 0.1) is 12.8 Å². The molecule has 0 amide bonds. The normalized spacial score (nSPS) is 10.3. The predicted octanol–water partition coefficient (Wildman–Crippen LogP) is 4.52. The van der Waals surface area contributed by atoms with Gasteiger partial charge >= 0.3 is 0 Å². The van der Waals surface area contributed by atoms with Gasteiger partial charge in [-0.2, -0.15) is 0 Å². The van der Waals surface area contributed by atoms with E-state index >= 15 is 0 Å². The Labute approximate surface area is 120 Å². The van der Waals surface area contributed by atoms with E-state index in [1.165, 1.54) is 12.1 Å². The average Bonchev–Trinajstić information content (AvgIpc) is 2.40. The van der Waals surface area contributed by atoms with E-state index in [1.54, 1.807) is 13.2 Å². The Morgan fingerprint density at radius 2 is 2.00 bits per heavy atom. The Balaban J connectivity index is 2.10. The van der Waals surface area contributed by atoms with Crippen LogP contribution in [0.5, 0.6) is 5.75 Å². The number of nitrogens with one attached hydrogen (secondary N) is 1. The van der Waals surface area contributed by atoms with Crippen LogP contribution in [0, 0.1) is 12.7 Å². The second-order valence-electron chi connectivity index (χ2n) is 4.28. The Bertz CT molecular complexity index is 586. The second kappa shape index (κ2) is 6.06. The van der Waals surface area contributed by atoms with Crippen molar-refractivity contribution >= 4 is 21.6 Å². The SMILES string of the molecule is COc1ccc(CNc2cc(F)ccc2Br)cc1C. The van der Waals surface area contributed by atoms with Crippen LogP contribution in [0.2, 0.25) is 0 Å². The van der Waals surface area contributed by atoms with Gasteiger partial charge in [-0.1, -0.05) is 12.1 Å². The molecule has 0 heterocycles. The molecule has 0 radical (unpaired) electrons. The number of halogens is 2. The third-order valence-corrected chi connectivity index (χ3v) is 3.56. The molecule has 0 aliphatic rings. The standard InChI is InChI=1S/C15H15BrFNO/c1-10-7-11(3-6-15(10)19-2)9-18-14-8-12(17)4-5-13(14)16/h3-8,18H,9H2,1-2H3. The second-order valence-corrected chi connectivity index (χ2v) is 5.14. The number of ether oxygens (including phenoxy) is 1. The van der Waals surface area contributed by atoms with E-state index in [9.17, 15) is 4.39 Å². The quantitative estimate of drug-likeness (QED) is 0.893. The van der Waals surface area contributed by atoms with E-state index in [0.717, 1.165) is 27.0 Å². The highest BCUT2D eigenvalue weighted by Crippen LogP contribution is 2.24. The predicted molar refractivity (Wildman–Crippen MR) is 79.2 cm³/mol. The zero-order valence-corrected chi connectivity index (χ0v) is 12.4. The fraction of sp³-hybridized carbons (Fsp3) is 0.200. The molecule has 4 heteroatoms. The van der Waals surface area contributed by atoms with Crippen LogP contribution in [-0.2, 0) is 6.54 Å². The first-order valence-corrected chi connectivity index (χ1v) is 6.72. The molecule has 0 aromatic heterocycles. The number of methoxy groups -OCH3 is 1. The number of aryl methyl sites for hydroxylation is 1. The first kappa shape index (κ1) is 13.9. The van der Waals surface area contributed by atoms with Crippen molar-refractivity contribution < 1.29 is 9.13 Å². The molecule has 0 aliphatic heterocycles. The number of hydrogen-bond acceptors (Lipinski definition) is 2. The van der Waals surface area contributed by atoms with E-state index in [0.29, 0.717) is 6.54 Å². The summed E-state index contributed by atoms with van der Waals surface area (Å²) in [6, 6.07) is 10.6. The molecular weight excluding hydrogens is 309 g/mol. The van der Waals surface area contributed by atoms with E-state index in [2.05, 4.69) is 27.3 Å². The molecule has 0 aliphatic carbocycles.